The molecule has 0 aliphatic rings. The molecule has 4 nitrogen and oxygen atoms in total. The van der Waals surface area contributed by atoms with Crippen LogP contribution in [-0.4, -0.2) is 17.1 Å². The Morgan fingerprint density at radius 2 is 1.71 bits per heavy atom. The summed E-state index contributed by atoms with van der Waals surface area (Å²) < 4.78 is 5.26. The van der Waals surface area contributed by atoms with Crippen molar-refractivity contribution >= 4 is 5.82 Å². The van der Waals surface area contributed by atoms with Gasteiger partial charge in [-0.15, -0.1) is 0 Å². The number of rotatable bonds is 2. The van der Waals surface area contributed by atoms with Gasteiger partial charge >= 0.3 is 0 Å². The van der Waals surface area contributed by atoms with E-state index in [9.17, 15) is 0 Å². The van der Waals surface area contributed by atoms with E-state index in [1.807, 2.05) is 13.8 Å². The van der Waals surface area contributed by atoms with Crippen LogP contribution >= 0.6 is 0 Å². The van der Waals surface area contributed by atoms with Gasteiger partial charge in [-0.1, -0.05) is 17.2 Å². The monoisotopic (exact) mass is 229 g/mol. The Balaban J connectivity index is 2.63. The molecular weight excluding hydrogens is 214 g/mol. The molecular formula is C13H15N3O. The lowest BCUT2D eigenvalue weighted by Gasteiger charge is -2.10. The Morgan fingerprint density at radius 3 is 2.29 bits per heavy atom. The van der Waals surface area contributed by atoms with Crippen molar-refractivity contribution in [1.29, 1.82) is 0 Å². The molecule has 88 valence electrons. The van der Waals surface area contributed by atoms with E-state index in [0.29, 0.717) is 11.6 Å². The van der Waals surface area contributed by atoms with Crippen LogP contribution in [0.4, 0.5) is 5.82 Å². The van der Waals surface area contributed by atoms with Crippen LogP contribution in [-0.2, 0) is 0 Å². The maximum absolute atomic E-state index is 5.77. The topological polar surface area (TPSA) is 61.0 Å². The Bertz CT molecular complexity index is 532. The zero-order chi connectivity index (χ0) is 12.4. The van der Waals surface area contributed by atoms with Crippen molar-refractivity contribution in [2.24, 2.45) is 0 Å². The molecule has 1 aromatic heterocycles. The van der Waals surface area contributed by atoms with Gasteiger partial charge in [-0.25, -0.2) is 9.97 Å². The average Bonchev–Trinajstić information content (AvgIpc) is 2.27. The summed E-state index contributed by atoms with van der Waals surface area (Å²) in [5.41, 5.74) is 9.85. The van der Waals surface area contributed by atoms with E-state index in [4.69, 9.17) is 10.5 Å². The summed E-state index contributed by atoms with van der Waals surface area (Å²) in [4.78, 5) is 8.17. The van der Waals surface area contributed by atoms with E-state index < -0.39 is 0 Å². The number of hydrogen-bond acceptors (Lipinski definition) is 4. The zero-order valence-electron chi connectivity index (χ0n) is 10.2. The van der Waals surface area contributed by atoms with E-state index in [1.165, 1.54) is 17.5 Å². The van der Waals surface area contributed by atoms with Gasteiger partial charge in [0.05, 0.1) is 7.11 Å². The summed E-state index contributed by atoms with van der Waals surface area (Å²) in [7, 11) is 1.57. The van der Waals surface area contributed by atoms with E-state index in [0.717, 1.165) is 11.3 Å². The second kappa shape index (κ2) is 4.41. The van der Waals surface area contributed by atoms with Gasteiger partial charge in [0.25, 0.3) is 0 Å². The third-order valence-corrected chi connectivity index (χ3v) is 2.53. The van der Waals surface area contributed by atoms with Gasteiger partial charge in [-0.05, 0) is 26.0 Å². The molecule has 1 aromatic carbocycles. The number of nitrogen functional groups attached to an aromatic ring is 1. The Labute approximate surface area is 100 Å². The zero-order valence-corrected chi connectivity index (χ0v) is 10.2. The molecule has 0 bridgehead atoms. The minimum absolute atomic E-state index is 0.358. The highest BCUT2D eigenvalue weighted by atomic mass is 16.5. The minimum Gasteiger partial charge on any atom is -0.491 e. The van der Waals surface area contributed by atoms with Gasteiger partial charge < -0.3 is 10.5 Å². The number of hydrogen-bond donors (Lipinski definition) is 1. The van der Waals surface area contributed by atoms with Crippen LogP contribution in [0.5, 0.6) is 5.75 Å². The highest BCUT2D eigenvalue weighted by Crippen LogP contribution is 2.32. The molecule has 0 fully saturated rings. The molecule has 17 heavy (non-hydrogen) atoms. The summed E-state index contributed by atoms with van der Waals surface area (Å²) >= 11 is 0. The smallest absolute Gasteiger partial charge is 0.187 e. The van der Waals surface area contributed by atoms with Gasteiger partial charge in [0.15, 0.2) is 11.6 Å². The predicted octanol–water partition coefficient (Wildman–Crippen LogP) is 2.35. The molecule has 0 radical (unpaired) electrons. The van der Waals surface area contributed by atoms with Crippen LogP contribution in [0.2, 0.25) is 0 Å². The van der Waals surface area contributed by atoms with Crippen LogP contribution in [0, 0.1) is 13.8 Å². The molecule has 0 spiro atoms. The molecule has 0 amide bonds. The first-order valence-electron chi connectivity index (χ1n) is 5.35. The summed E-state index contributed by atoms with van der Waals surface area (Å²) in [6, 6.07) is 6.22. The predicted molar refractivity (Wildman–Crippen MR) is 67.9 cm³/mol. The van der Waals surface area contributed by atoms with Gasteiger partial charge in [-0.2, -0.15) is 0 Å². The minimum atomic E-state index is 0.358. The number of nitrogens with two attached hydrogens (primary N) is 1. The Kier molecular flexibility index (Phi) is 2.95. The fourth-order valence-electron chi connectivity index (χ4n) is 1.91. The Hall–Kier alpha value is -2.10. The molecule has 0 saturated carbocycles. The summed E-state index contributed by atoms with van der Waals surface area (Å²) in [6.07, 6.45) is 1.45. The first-order chi connectivity index (χ1) is 8.11. The van der Waals surface area contributed by atoms with Crippen molar-refractivity contribution in [3.63, 3.8) is 0 Å². The highest BCUT2D eigenvalue weighted by molar-refractivity contribution is 5.72. The van der Waals surface area contributed by atoms with E-state index in [-0.39, 0.29) is 0 Å². The van der Waals surface area contributed by atoms with Crippen molar-refractivity contribution in [1.82, 2.24) is 9.97 Å². The first kappa shape index (κ1) is 11.4. The third kappa shape index (κ3) is 2.20. The van der Waals surface area contributed by atoms with Crippen molar-refractivity contribution in [3.05, 3.63) is 35.7 Å². The summed E-state index contributed by atoms with van der Waals surface area (Å²) in [6.45, 7) is 4.10. The van der Waals surface area contributed by atoms with Gasteiger partial charge in [0.2, 0.25) is 0 Å². The van der Waals surface area contributed by atoms with Gasteiger partial charge in [0.1, 0.15) is 12.0 Å². The Morgan fingerprint density at radius 1 is 1.06 bits per heavy atom. The number of benzene rings is 1. The molecule has 2 aromatic rings. The maximum atomic E-state index is 5.77. The number of aromatic nitrogens is 2. The molecule has 1 heterocycles. The molecule has 0 atom stereocenters. The molecule has 2 N–H and O–H groups in total. The standard InChI is InChI=1S/C13H15N3O/c1-8-4-9(2)6-10(5-8)11-12(17-3)13(14)16-7-15-11/h4-7H,1-3H3,(H2,14,15,16). The van der Waals surface area contributed by atoms with Crippen LogP contribution in [0.25, 0.3) is 11.3 Å². The maximum Gasteiger partial charge on any atom is 0.187 e. The van der Waals surface area contributed by atoms with Crippen molar-refractivity contribution < 1.29 is 4.74 Å². The molecule has 0 unspecified atom stereocenters. The van der Waals surface area contributed by atoms with Crippen LogP contribution < -0.4 is 10.5 Å². The normalized spacial score (nSPS) is 10.3. The first-order valence-corrected chi connectivity index (χ1v) is 5.35. The van der Waals surface area contributed by atoms with E-state index in [2.05, 4.69) is 28.2 Å². The molecule has 0 aliphatic carbocycles. The van der Waals surface area contributed by atoms with Crippen LogP contribution in [0.3, 0.4) is 0 Å². The SMILES string of the molecule is COc1c(N)ncnc1-c1cc(C)cc(C)c1. The largest absolute Gasteiger partial charge is 0.491 e. The van der Waals surface area contributed by atoms with Gasteiger partial charge in [0, 0.05) is 5.56 Å². The molecule has 0 saturated heterocycles. The lowest BCUT2D eigenvalue weighted by Crippen LogP contribution is -2.00. The fourth-order valence-corrected chi connectivity index (χ4v) is 1.91. The third-order valence-electron chi connectivity index (χ3n) is 2.53. The van der Waals surface area contributed by atoms with Crippen molar-refractivity contribution in [3.8, 4) is 17.0 Å². The lowest BCUT2D eigenvalue weighted by atomic mass is 10.0. The lowest BCUT2D eigenvalue weighted by molar-refractivity contribution is 0.415. The van der Waals surface area contributed by atoms with Crippen molar-refractivity contribution in [2.75, 3.05) is 12.8 Å². The van der Waals surface area contributed by atoms with E-state index in [1.54, 1.807) is 7.11 Å². The van der Waals surface area contributed by atoms with Gasteiger partial charge in [-0.3, -0.25) is 0 Å². The molecule has 4 heteroatoms. The summed E-state index contributed by atoms with van der Waals surface area (Å²) in [5.74, 6) is 0.883. The second-order valence-electron chi connectivity index (χ2n) is 4.02. The molecule has 0 aliphatic heterocycles. The quantitative estimate of drug-likeness (QED) is 0.858. The van der Waals surface area contributed by atoms with E-state index >= 15 is 0 Å². The second-order valence-corrected chi connectivity index (χ2v) is 4.02. The number of anilines is 1. The fraction of sp³-hybridized carbons (Fsp3) is 0.231. The highest BCUT2D eigenvalue weighted by Gasteiger charge is 2.12. The average molecular weight is 229 g/mol. The van der Waals surface area contributed by atoms with Crippen LogP contribution in [0.15, 0.2) is 24.5 Å². The number of ether oxygens (including phenoxy) is 1. The van der Waals surface area contributed by atoms with Crippen LogP contribution in [0.1, 0.15) is 11.1 Å². The van der Waals surface area contributed by atoms with Crippen molar-refractivity contribution in [2.45, 2.75) is 13.8 Å². The number of aryl methyl sites for hydroxylation is 2. The number of methoxy groups -OCH3 is 1. The number of nitrogens with zero attached hydrogens (tertiary/aromatic N) is 2. The summed E-state index contributed by atoms with van der Waals surface area (Å²) in [5, 5.41) is 0. The molecule has 2 rings (SSSR count).